The average molecular weight is 253 g/mol. The number of aromatic nitrogens is 2. The lowest BCUT2D eigenvalue weighted by atomic mass is 9.75. The van der Waals surface area contributed by atoms with Crippen LogP contribution in [0.3, 0.4) is 0 Å². The Kier molecular flexibility index (Phi) is 4.35. The van der Waals surface area contributed by atoms with Crippen molar-refractivity contribution in [2.45, 2.75) is 38.5 Å². The molecule has 1 unspecified atom stereocenters. The number of hydrogen-bond donors (Lipinski definition) is 1. The van der Waals surface area contributed by atoms with Gasteiger partial charge in [-0.3, -0.25) is 0 Å². The van der Waals surface area contributed by atoms with Crippen LogP contribution in [0.5, 0.6) is 0 Å². The molecule has 1 N–H and O–H groups in total. The predicted molar refractivity (Wildman–Crippen MR) is 68.5 cm³/mol. The molecule has 0 aromatic carbocycles. The van der Waals surface area contributed by atoms with E-state index in [2.05, 4.69) is 29.3 Å². The van der Waals surface area contributed by atoms with E-state index in [1.807, 2.05) is 0 Å². The van der Waals surface area contributed by atoms with Gasteiger partial charge in [-0.05, 0) is 31.8 Å². The van der Waals surface area contributed by atoms with Crippen molar-refractivity contribution in [3.05, 3.63) is 11.7 Å². The Balaban J connectivity index is 2.05. The van der Waals surface area contributed by atoms with Gasteiger partial charge in [-0.25, -0.2) is 0 Å². The Hall–Kier alpha value is -0.940. The molecule has 5 nitrogen and oxygen atoms in total. The van der Waals surface area contributed by atoms with Crippen molar-refractivity contribution in [3.8, 4) is 0 Å². The van der Waals surface area contributed by atoms with Crippen LogP contribution in [0.4, 0.5) is 0 Å². The van der Waals surface area contributed by atoms with Gasteiger partial charge in [-0.2, -0.15) is 4.98 Å². The Morgan fingerprint density at radius 3 is 3.00 bits per heavy atom. The molecule has 0 aliphatic carbocycles. The number of hydrogen-bond acceptors (Lipinski definition) is 5. The summed E-state index contributed by atoms with van der Waals surface area (Å²) < 4.78 is 10.5. The molecule has 0 saturated carbocycles. The number of methoxy groups -OCH3 is 1. The second-order valence-electron chi connectivity index (χ2n) is 5.52. The highest BCUT2D eigenvalue weighted by atomic mass is 16.5. The number of piperidine rings is 1. The topological polar surface area (TPSA) is 60.2 Å². The van der Waals surface area contributed by atoms with Gasteiger partial charge >= 0.3 is 0 Å². The lowest BCUT2D eigenvalue weighted by Gasteiger charge is -2.34. The van der Waals surface area contributed by atoms with E-state index in [1.165, 1.54) is 12.8 Å². The maximum atomic E-state index is 5.44. The lowest BCUT2D eigenvalue weighted by Crippen LogP contribution is -2.40. The van der Waals surface area contributed by atoms with E-state index in [4.69, 9.17) is 9.26 Å². The first-order chi connectivity index (χ1) is 8.64. The standard InChI is InChI=1S/C13H23N3O2/c1-13(2,10-5-4-7-14-9-10)12-15-11(16-18-12)6-8-17-3/h10,14H,4-9H2,1-3H3. The van der Waals surface area contributed by atoms with Crippen LogP contribution in [-0.4, -0.2) is 36.9 Å². The van der Waals surface area contributed by atoms with Crippen LogP contribution in [0.25, 0.3) is 0 Å². The van der Waals surface area contributed by atoms with Crippen molar-refractivity contribution in [2.24, 2.45) is 5.92 Å². The Morgan fingerprint density at radius 2 is 2.33 bits per heavy atom. The molecule has 18 heavy (non-hydrogen) atoms. The zero-order valence-corrected chi connectivity index (χ0v) is 11.5. The van der Waals surface area contributed by atoms with Gasteiger partial charge in [0.25, 0.3) is 0 Å². The Labute approximate surface area is 108 Å². The minimum atomic E-state index is -0.0637. The van der Waals surface area contributed by atoms with Crippen LogP contribution >= 0.6 is 0 Å². The summed E-state index contributed by atoms with van der Waals surface area (Å²) in [7, 11) is 1.68. The van der Waals surface area contributed by atoms with Crippen molar-refractivity contribution >= 4 is 0 Å². The second-order valence-corrected chi connectivity index (χ2v) is 5.52. The van der Waals surface area contributed by atoms with Crippen LogP contribution < -0.4 is 5.32 Å². The molecule has 1 aliphatic heterocycles. The zero-order chi connectivity index (χ0) is 13.0. The minimum Gasteiger partial charge on any atom is -0.384 e. The molecule has 2 heterocycles. The van der Waals surface area contributed by atoms with Gasteiger partial charge in [0.1, 0.15) is 0 Å². The van der Waals surface area contributed by atoms with Crippen LogP contribution in [0, 0.1) is 5.92 Å². The predicted octanol–water partition coefficient (Wildman–Crippen LogP) is 1.54. The molecular weight excluding hydrogens is 230 g/mol. The van der Waals surface area contributed by atoms with E-state index in [9.17, 15) is 0 Å². The second kappa shape index (κ2) is 5.80. The monoisotopic (exact) mass is 253 g/mol. The molecule has 1 fully saturated rings. The van der Waals surface area contributed by atoms with Crippen LogP contribution in [0.2, 0.25) is 0 Å². The summed E-state index contributed by atoms with van der Waals surface area (Å²) in [4.78, 5) is 4.51. The third kappa shape index (κ3) is 2.90. The van der Waals surface area contributed by atoms with E-state index < -0.39 is 0 Å². The zero-order valence-electron chi connectivity index (χ0n) is 11.5. The highest BCUT2D eigenvalue weighted by molar-refractivity contribution is 5.05. The SMILES string of the molecule is COCCc1noc(C(C)(C)C2CCCNC2)n1. The van der Waals surface area contributed by atoms with Gasteiger partial charge in [0, 0.05) is 18.9 Å². The third-order valence-corrected chi connectivity index (χ3v) is 3.87. The Bertz CT molecular complexity index is 370. The van der Waals surface area contributed by atoms with Crippen LogP contribution in [0.15, 0.2) is 4.52 Å². The van der Waals surface area contributed by atoms with Gasteiger partial charge in [0.15, 0.2) is 5.82 Å². The van der Waals surface area contributed by atoms with Crippen LogP contribution in [0.1, 0.15) is 38.4 Å². The summed E-state index contributed by atoms with van der Waals surface area (Å²) in [6.07, 6.45) is 3.15. The summed E-state index contributed by atoms with van der Waals surface area (Å²) in [5.74, 6) is 2.05. The van der Waals surface area contributed by atoms with Crippen molar-refractivity contribution in [1.29, 1.82) is 0 Å². The first-order valence-corrected chi connectivity index (χ1v) is 6.67. The number of rotatable bonds is 5. The quantitative estimate of drug-likeness (QED) is 0.862. The first-order valence-electron chi connectivity index (χ1n) is 6.67. The van der Waals surface area contributed by atoms with Crippen molar-refractivity contribution in [3.63, 3.8) is 0 Å². The fraction of sp³-hybridized carbons (Fsp3) is 0.846. The van der Waals surface area contributed by atoms with E-state index >= 15 is 0 Å². The highest BCUT2D eigenvalue weighted by Gasteiger charge is 2.37. The summed E-state index contributed by atoms with van der Waals surface area (Å²) in [6.45, 7) is 7.17. The van der Waals surface area contributed by atoms with Gasteiger partial charge < -0.3 is 14.6 Å². The number of nitrogens with zero attached hydrogens (tertiary/aromatic N) is 2. The van der Waals surface area contributed by atoms with E-state index in [0.29, 0.717) is 18.9 Å². The fourth-order valence-electron chi connectivity index (χ4n) is 2.45. The molecule has 1 atom stereocenters. The van der Waals surface area contributed by atoms with Gasteiger partial charge in [0.2, 0.25) is 5.89 Å². The maximum Gasteiger partial charge on any atom is 0.232 e. The molecule has 102 valence electrons. The number of nitrogens with one attached hydrogen (secondary N) is 1. The lowest BCUT2D eigenvalue weighted by molar-refractivity contribution is 0.194. The third-order valence-electron chi connectivity index (χ3n) is 3.87. The molecule has 0 bridgehead atoms. The fourth-order valence-corrected chi connectivity index (χ4v) is 2.45. The number of ether oxygens (including phenoxy) is 1. The van der Waals surface area contributed by atoms with E-state index in [0.717, 1.165) is 24.8 Å². The summed E-state index contributed by atoms with van der Waals surface area (Å²) in [5, 5.41) is 7.47. The first kappa shape index (κ1) is 13.5. The van der Waals surface area contributed by atoms with Gasteiger partial charge in [-0.15, -0.1) is 0 Å². The average Bonchev–Trinajstić information content (AvgIpc) is 2.87. The molecule has 5 heteroatoms. The van der Waals surface area contributed by atoms with Crippen LogP contribution in [-0.2, 0) is 16.6 Å². The molecule has 1 aromatic heterocycles. The van der Waals surface area contributed by atoms with Gasteiger partial charge in [0.05, 0.1) is 6.61 Å². The maximum absolute atomic E-state index is 5.44. The van der Waals surface area contributed by atoms with Gasteiger partial charge in [-0.1, -0.05) is 19.0 Å². The summed E-state index contributed by atoms with van der Waals surface area (Å²) in [5.41, 5.74) is -0.0637. The Morgan fingerprint density at radius 1 is 1.50 bits per heavy atom. The molecule has 0 spiro atoms. The molecule has 1 aromatic rings. The highest BCUT2D eigenvalue weighted by Crippen LogP contribution is 2.34. The summed E-state index contributed by atoms with van der Waals surface area (Å²) in [6, 6.07) is 0. The summed E-state index contributed by atoms with van der Waals surface area (Å²) >= 11 is 0. The van der Waals surface area contributed by atoms with E-state index in [1.54, 1.807) is 7.11 Å². The largest absolute Gasteiger partial charge is 0.384 e. The van der Waals surface area contributed by atoms with E-state index in [-0.39, 0.29) is 5.41 Å². The normalized spacial score (nSPS) is 21.2. The minimum absolute atomic E-state index is 0.0637. The smallest absolute Gasteiger partial charge is 0.232 e. The van der Waals surface area contributed by atoms with Crippen molar-refractivity contribution in [1.82, 2.24) is 15.5 Å². The molecular formula is C13H23N3O2. The molecule has 1 saturated heterocycles. The van der Waals surface area contributed by atoms with Crippen molar-refractivity contribution < 1.29 is 9.26 Å². The molecule has 2 rings (SSSR count). The molecule has 0 amide bonds. The van der Waals surface area contributed by atoms with Crippen molar-refractivity contribution in [2.75, 3.05) is 26.8 Å². The molecule has 1 aliphatic rings. The molecule has 0 radical (unpaired) electrons.